The summed E-state index contributed by atoms with van der Waals surface area (Å²) >= 11 is 0. The summed E-state index contributed by atoms with van der Waals surface area (Å²) in [6.07, 6.45) is 3.75. The van der Waals surface area contributed by atoms with Crippen molar-refractivity contribution < 1.29 is 0 Å². The Bertz CT molecular complexity index is 199. The standard InChI is InChI=1S/C12H13N/c1-2-4-6-8-10-12-13-11-9-7-5-3-1/h1-13H. The largest absolute Gasteiger partial charge is 0.368 e. The molecule has 0 aliphatic heterocycles. The van der Waals surface area contributed by atoms with E-state index in [0.29, 0.717) is 0 Å². The molecule has 0 bridgehead atoms. The lowest BCUT2D eigenvalue weighted by molar-refractivity contribution is 1.35. The van der Waals surface area contributed by atoms with Gasteiger partial charge in [-0.2, -0.15) is 0 Å². The number of H-pyrrole nitrogens is 1. The van der Waals surface area contributed by atoms with Gasteiger partial charge in [0.15, 0.2) is 0 Å². The molecule has 0 radical (unpaired) electrons. The Morgan fingerprint density at radius 3 is 1.08 bits per heavy atom. The van der Waals surface area contributed by atoms with Crippen molar-refractivity contribution in [2.24, 2.45) is 0 Å². The molecule has 66 valence electrons. The van der Waals surface area contributed by atoms with Crippen LogP contribution in [0.25, 0.3) is 0 Å². The smallest absolute Gasteiger partial charge is 0.000442 e. The fraction of sp³-hybridized carbons (Fsp3) is 0. The first-order chi connectivity index (χ1) is 6.50. The number of aromatic nitrogens is 1. The molecule has 1 nitrogen and oxygen atoms in total. The molecular formula is C12H13N. The first-order valence-corrected chi connectivity index (χ1v) is 4.24. The average Bonchev–Trinajstić information content (AvgIpc) is 2.18. The van der Waals surface area contributed by atoms with Gasteiger partial charge < -0.3 is 4.98 Å². The predicted octanol–water partition coefficient (Wildman–Crippen LogP) is 3.26. The predicted molar refractivity (Wildman–Crippen MR) is 56.0 cm³/mol. The Labute approximate surface area is 78.7 Å². The van der Waals surface area contributed by atoms with Gasteiger partial charge in [0.05, 0.1) is 0 Å². The van der Waals surface area contributed by atoms with E-state index >= 15 is 0 Å². The molecule has 0 aliphatic carbocycles. The van der Waals surface area contributed by atoms with Crippen LogP contribution in [0.1, 0.15) is 0 Å². The highest BCUT2D eigenvalue weighted by Gasteiger charge is 1.57. The maximum Gasteiger partial charge on any atom is 0.000442 e. The Hall–Kier alpha value is -1.76. The average molecular weight is 171 g/mol. The first kappa shape index (κ1) is 9.33. The summed E-state index contributed by atoms with van der Waals surface area (Å²) in [6.45, 7) is 0. The summed E-state index contributed by atoms with van der Waals surface area (Å²) in [5.41, 5.74) is 0. The third-order valence-corrected chi connectivity index (χ3v) is 1.38. The van der Waals surface area contributed by atoms with Gasteiger partial charge in [0, 0.05) is 12.4 Å². The molecule has 1 aromatic rings. The Balaban J connectivity index is 3.02. The molecule has 0 aliphatic rings. The van der Waals surface area contributed by atoms with Crippen molar-refractivity contribution in [1.29, 1.82) is 0 Å². The summed E-state index contributed by atoms with van der Waals surface area (Å²) < 4.78 is 0. The zero-order chi connectivity index (χ0) is 9.19. The van der Waals surface area contributed by atoms with Gasteiger partial charge in [-0.1, -0.05) is 48.5 Å². The third-order valence-electron chi connectivity index (χ3n) is 1.38. The quantitative estimate of drug-likeness (QED) is 0.616. The van der Waals surface area contributed by atoms with Gasteiger partial charge in [-0.25, -0.2) is 0 Å². The van der Waals surface area contributed by atoms with E-state index in [-0.39, 0.29) is 0 Å². The Morgan fingerprint density at radius 2 is 0.692 bits per heavy atom. The monoisotopic (exact) mass is 171 g/mol. The maximum atomic E-state index is 3.01. The number of aromatic amines is 1. The molecule has 13 heavy (non-hydrogen) atoms. The van der Waals surface area contributed by atoms with E-state index in [1.807, 2.05) is 73.1 Å². The Morgan fingerprint density at radius 1 is 0.385 bits per heavy atom. The first-order valence-electron chi connectivity index (χ1n) is 4.24. The highest BCUT2D eigenvalue weighted by atomic mass is 14.6. The van der Waals surface area contributed by atoms with E-state index in [1.54, 1.807) is 0 Å². The minimum Gasteiger partial charge on any atom is -0.368 e. The zero-order valence-electron chi connectivity index (χ0n) is 7.43. The highest BCUT2D eigenvalue weighted by Crippen LogP contribution is 1.78. The maximum absolute atomic E-state index is 3.01. The molecule has 1 aromatic heterocycles. The molecule has 1 rings (SSSR count). The van der Waals surface area contributed by atoms with Crippen molar-refractivity contribution in [3.8, 4) is 0 Å². The van der Waals surface area contributed by atoms with Crippen LogP contribution in [-0.2, 0) is 0 Å². The van der Waals surface area contributed by atoms with Crippen LogP contribution in [0, 0.1) is 0 Å². The van der Waals surface area contributed by atoms with Crippen LogP contribution in [0.5, 0.6) is 0 Å². The molecule has 1 N–H and O–H groups in total. The molecular weight excluding hydrogens is 158 g/mol. The van der Waals surface area contributed by atoms with E-state index < -0.39 is 0 Å². The van der Waals surface area contributed by atoms with E-state index in [4.69, 9.17) is 0 Å². The molecule has 0 amide bonds. The topological polar surface area (TPSA) is 15.8 Å². The minimum atomic E-state index is 1.88. The van der Waals surface area contributed by atoms with Gasteiger partial charge in [0.2, 0.25) is 0 Å². The molecule has 0 fully saturated rings. The van der Waals surface area contributed by atoms with Crippen molar-refractivity contribution in [2.75, 3.05) is 0 Å². The van der Waals surface area contributed by atoms with Crippen molar-refractivity contribution >= 4 is 0 Å². The second kappa shape index (κ2) is 6.92. The molecule has 0 atom stereocenters. The summed E-state index contributed by atoms with van der Waals surface area (Å²) in [6, 6.07) is 19.7. The van der Waals surface area contributed by atoms with Gasteiger partial charge in [-0.05, 0) is 12.1 Å². The molecule has 0 spiro atoms. The van der Waals surface area contributed by atoms with Gasteiger partial charge in [-0.3, -0.25) is 0 Å². The van der Waals surface area contributed by atoms with E-state index in [2.05, 4.69) is 4.98 Å². The van der Waals surface area contributed by atoms with E-state index in [1.165, 1.54) is 0 Å². The lowest BCUT2D eigenvalue weighted by Gasteiger charge is -1.68. The van der Waals surface area contributed by atoms with Gasteiger partial charge in [0.1, 0.15) is 0 Å². The molecule has 1 heteroatoms. The van der Waals surface area contributed by atoms with Gasteiger partial charge >= 0.3 is 0 Å². The van der Waals surface area contributed by atoms with Crippen LogP contribution in [0.4, 0.5) is 0 Å². The second-order valence-corrected chi connectivity index (χ2v) is 2.42. The van der Waals surface area contributed by atoms with Crippen LogP contribution >= 0.6 is 0 Å². The number of rotatable bonds is 0. The van der Waals surface area contributed by atoms with Crippen molar-refractivity contribution in [2.45, 2.75) is 0 Å². The highest BCUT2D eigenvalue weighted by molar-refractivity contribution is 4.96. The lowest BCUT2D eigenvalue weighted by Crippen LogP contribution is -1.54. The zero-order valence-corrected chi connectivity index (χ0v) is 7.43. The third kappa shape index (κ3) is 5.50. The summed E-state index contributed by atoms with van der Waals surface area (Å²) in [7, 11) is 0. The normalized spacial score (nSPS) is 8.00. The van der Waals surface area contributed by atoms with Crippen LogP contribution < -0.4 is 0 Å². The minimum absolute atomic E-state index is 1.88. The van der Waals surface area contributed by atoms with Crippen LogP contribution in [0.3, 0.4) is 0 Å². The van der Waals surface area contributed by atoms with Crippen molar-refractivity contribution in [3.63, 3.8) is 0 Å². The second-order valence-electron chi connectivity index (χ2n) is 2.42. The summed E-state index contributed by atoms with van der Waals surface area (Å²) in [5.74, 6) is 0. The fourth-order valence-corrected chi connectivity index (χ4v) is 0.791. The molecule has 0 saturated carbocycles. The van der Waals surface area contributed by atoms with E-state index in [9.17, 15) is 0 Å². The molecule has 0 saturated heterocycles. The number of nitrogens with one attached hydrogen (secondary N) is 1. The fourth-order valence-electron chi connectivity index (χ4n) is 0.791. The number of hydrogen-bond donors (Lipinski definition) is 1. The molecule has 0 unspecified atom stereocenters. The van der Waals surface area contributed by atoms with Crippen LogP contribution in [0.15, 0.2) is 73.1 Å². The van der Waals surface area contributed by atoms with Gasteiger partial charge in [-0.15, -0.1) is 0 Å². The van der Waals surface area contributed by atoms with Gasteiger partial charge in [0.25, 0.3) is 0 Å². The Kier molecular flexibility index (Phi) is 4.97. The van der Waals surface area contributed by atoms with E-state index in [0.717, 1.165) is 0 Å². The van der Waals surface area contributed by atoms with Crippen molar-refractivity contribution in [1.82, 2.24) is 4.98 Å². The summed E-state index contributed by atoms with van der Waals surface area (Å²) in [4.78, 5) is 3.01. The summed E-state index contributed by atoms with van der Waals surface area (Å²) in [5, 5.41) is 0. The molecule has 1 heterocycles. The lowest BCUT2D eigenvalue weighted by atomic mass is 10.4. The van der Waals surface area contributed by atoms with Crippen molar-refractivity contribution in [3.05, 3.63) is 73.1 Å². The molecule has 0 aromatic carbocycles. The SMILES string of the molecule is c1cccccc[nH]ccccc1. The number of hydrogen-bond acceptors (Lipinski definition) is 0. The van der Waals surface area contributed by atoms with Crippen LogP contribution in [-0.4, -0.2) is 4.98 Å². The van der Waals surface area contributed by atoms with Crippen LogP contribution in [0.2, 0.25) is 0 Å².